The van der Waals surface area contributed by atoms with Crippen molar-refractivity contribution in [2.75, 3.05) is 39.3 Å². The van der Waals surface area contributed by atoms with Crippen LogP contribution in [0.1, 0.15) is 44.1 Å². The van der Waals surface area contributed by atoms with Crippen molar-refractivity contribution in [3.05, 3.63) is 36.0 Å². The van der Waals surface area contributed by atoms with Crippen LogP contribution in [0, 0.1) is 5.92 Å². The van der Waals surface area contributed by atoms with Gasteiger partial charge in [0.05, 0.1) is 19.1 Å². The summed E-state index contributed by atoms with van der Waals surface area (Å²) < 4.78 is 5.15. The average molecular weight is 398 g/mol. The van der Waals surface area contributed by atoms with Gasteiger partial charge in [-0.2, -0.15) is 0 Å². The second-order valence-corrected chi connectivity index (χ2v) is 8.27. The average Bonchev–Trinajstić information content (AvgIpc) is 3.19. The maximum absolute atomic E-state index is 12.8. The van der Waals surface area contributed by atoms with Gasteiger partial charge in [-0.05, 0) is 63.2 Å². The predicted molar refractivity (Wildman–Crippen MR) is 113 cm³/mol. The summed E-state index contributed by atoms with van der Waals surface area (Å²) in [6, 6.07) is 8.46. The van der Waals surface area contributed by atoms with Crippen LogP contribution in [0.15, 0.2) is 30.5 Å². The molecule has 29 heavy (non-hydrogen) atoms. The van der Waals surface area contributed by atoms with Crippen LogP contribution in [0.2, 0.25) is 0 Å². The second kappa shape index (κ2) is 8.99. The number of hydrogen-bond acceptors (Lipinski definition) is 4. The fraction of sp³-hybridized carbons (Fsp3) is 0.565. The quantitative estimate of drug-likeness (QED) is 0.787. The van der Waals surface area contributed by atoms with Crippen LogP contribution in [0.3, 0.4) is 0 Å². The highest BCUT2D eigenvalue weighted by Crippen LogP contribution is 2.33. The van der Waals surface area contributed by atoms with Crippen LogP contribution in [-0.2, 0) is 14.3 Å². The van der Waals surface area contributed by atoms with E-state index < -0.39 is 0 Å². The summed E-state index contributed by atoms with van der Waals surface area (Å²) in [5.41, 5.74) is 2.60. The lowest BCUT2D eigenvalue weighted by Gasteiger charge is -2.35. The molecule has 4 rings (SSSR count). The Kier molecular flexibility index (Phi) is 6.19. The van der Waals surface area contributed by atoms with E-state index in [0.717, 1.165) is 45.3 Å². The number of fused-ring (bicyclic) bond motifs is 1. The highest BCUT2D eigenvalue weighted by molar-refractivity contribution is 5.83. The van der Waals surface area contributed by atoms with E-state index in [1.807, 2.05) is 11.8 Å². The standard InChI is InChI=1S/C23H31N3O3/c1-2-29-23(28)18-6-5-11-26(15-18)22(27)16-25-12-9-17(10-13-25)20-14-24-21-8-4-3-7-19(20)21/h3-4,7-8,14,17-18,24H,2,5-6,9-13,15-16H2,1H3. The molecule has 1 amide bonds. The van der Waals surface area contributed by atoms with Crippen LogP contribution in [-0.4, -0.2) is 66.0 Å². The Hall–Kier alpha value is -2.34. The molecule has 6 heteroatoms. The number of piperidine rings is 2. The molecule has 2 saturated heterocycles. The Balaban J connectivity index is 1.29. The van der Waals surface area contributed by atoms with Crippen molar-refractivity contribution < 1.29 is 14.3 Å². The van der Waals surface area contributed by atoms with E-state index in [9.17, 15) is 9.59 Å². The molecule has 6 nitrogen and oxygen atoms in total. The van der Waals surface area contributed by atoms with Gasteiger partial charge in [-0.15, -0.1) is 0 Å². The maximum atomic E-state index is 12.8. The minimum atomic E-state index is -0.166. The summed E-state index contributed by atoms with van der Waals surface area (Å²) in [7, 11) is 0. The first kappa shape index (κ1) is 20.0. The van der Waals surface area contributed by atoms with Crippen molar-refractivity contribution in [3.63, 3.8) is 0 Å². The first-order chi connectivity index (χ1) is 14.2. The Bertz CT molecular complexity index is 854. The molecule has 0 bridgehead atoms. The smallest absolute Gasteiger partial charge is 0.310 e. The molecule has 0 radical (unpaired) electrons. The molecule has 1 aromatic heterocycles. The van der Waals surface area contributed by atoms with Crippen molar-refractivity contribution in [2.45, 2.75) is 38.5 Å². The highest BCUT2D eigenvalue weighted by Gasteiger charge is 2.31. The zero-order valence-electron chi connectivity index (χ0n) is 17.2. The molecule has 2 fully saturated rings. The fourth-order valence-electron chi connectivity index (χ4n) is 4.78. The Labute approximate surface area is 172 Å². The molecule has 1 aromatic carbocycles. The number of carbonyl (C=O) groups is 2. The molecular weight excluding hydrogens is 366 g/mol. The molecule has 156 valence electrons. The number of benzene rings is 1. The predicted octanol–water partition coefficient (Wildman–Crippen LogP) is 3.15. The molecular formula is C23H31N3O3. The Morgan fingerprint density at radius 3 is 2.72 bits per heavy atom. The van der Waals surface area contributed by atoms with E-state index >= 15 is 0 Å². The van der Waals surface area contributed by atoms with Crippen molar-refractivity contribution in [3.8, 4) is 0 Å². The number of ether oxygens (including phenoxy) is 1. The lowest BCUT2D eigenvalue weighted by molar-refractivity contribution is -0.151. The van der Waals surface area contributed by atoms with Crippen LogP contribution in [0.25, 0.3) is 10.9 Å². The van der Waals surface area contributed by atoms with Crippen LogP contribution in [0.5, 0.6) is 0 Å². The zero-order valence-corrected chi connectivity index (χ0v) is 17.2. The number of carbonyl (C=O) groups excluding carboxylic acids is 2. The van der Waals surface area contributed by atoms with Gasteiger partial charge in [0, 0.05) is 30.2 Å². The Morgan fingerprint density at radius 1 is 1.14 bits per heavy atom. The summed E-state index contributed by atoms with van der Waals surface area (Å²) >= 11 is 0. The minimum Gasteiger partial charge on any atom is -0.466 e. The monoisotopic (exact) mass is 397 g/mol. The normalized spacial score (nSPS) is 21.4. The maximum Gasteiger partial charge on any atom is 0.310 e. The fourth-order valence-corrected chi connectivity index (χ4v) is 4.78. The van der Waals surface area contributed by atoms with E-state index in [1.165, 1.54) is 16.5 Å². The zero-order chi connectivity index (χ0) is 20.2. The van der Waals surface area contributed by atoms with Gasteiger partial charge in [0.25, 0.3) is 0 Å². The summed E-state index contributed by atoms with van der Waals surface area (Å²) in [5.74, 6) is 0.357. The van der Waals surface area contributed by atoms with E-state index in [0.29, 0.717) is 25.6 Å². The minimum absolute atomic E-state index is 0.143. The van der Waals surface area contributed by atoms with Crippen molar-refractivity contribution >= 4 is 22.8 Å². The number of nitrogens with one attached hydrogen (secondary N) is 1. The highest BCUT2D eigenvalue weighted by atomic mass is 16.5. The molecule has 2 aromatic rings. The largest absolute Gasteiger partial charge is 0.466 e. The number of aromatic nitrogens is 1. The van der Waals surface area contributed by atoms with Gasteiger partial charge in [-0.3, -0.25) is 14.5 Å². The van der Waals surface area contributed by atoms with E-state index in [2.05, 4.69) is 40.3 Å². The molecule has 1 N–H and O–H groups in total. The number of hydrogen-bond donors (Lipinski definition) is 1. The third-order valence-electron chi connectivity index (χ3n) is 6.40. The Morgan fingerprint density at radius 2 is 1.93 bits per heavy atom. The molecule has 0 spiro atoms. The third-order valence-corrected chi connectivity index (χ3v) is 6.40. The van der Waals surface area contributed by atoms with Gasteiger partial charge >= 0.3 is 5.97 Å². The number of esters is 1. The molecule has 3 heterocycles. The van der Waals surface area contributed by atoms with Crippen LogP contribution >= 0.6 is 0 Å². The summed E-state index contributed by atoms with van der Waals surface area (Å²) in [5, 5.41) is 1.32. The summed E-state index contributed by atoms with van der Waals surface area (Å²) in [6.07, 6.45) is 5.98. The van der Waals surface area contributed by atoms with E-state index in [-0.39, 0.29) is 17.8 Å². The number of nitrogens with zero attached hydrogens (tertiary/aromatic N) is 2. The lowest BCUT2D eigenvalue weighted by atomic mass is 9.89. The third kappa shape index (κ3) is 4.47. The number of H-pyrrole nitrogens is 1. The number of amides is 1. The topological polar surface area (TPSA) is 65.6 Å². The van der Waals surface area contributed by atoms with Crippen LogP contribution < -0.4 is 0 Å². The van der Waals surface area contributed by atoms with Gasteiger partial charge in [-0.1, -0.05) is 18.2 Å². The first-order valence-corrected chi connectivity index (χ1v) is 10.9. The number of para-hydroxylation sites is 1. The van der Waals surface area contributed by atoms with Crippen molar-refractivity contribution in [2.24, 2.45) is 5.92 Å². The van der Waals surface area contributed by atoms with Crippen molar-refractivity contribution in [1.82, 2.24) is 14.8 Å². The SMILES string of the molecule is CCOC(=O)C1CCCN(C(=O)CN2CCC(c3c[nH]c4ccccc34)CC2)C1. The summed E-state index contributed by atoms with van der Waals surface area (Å²) in [6.45, 7) is 5.80. The number of rotatable bonds is 5. The van der Waals surface area contributed by atoms with E-state index in [1.54, 1.807) is 0 Å². The molecule has 0 saturated carbocycles. The molecule has 1 atom stereocenters. The number of likely N-dealkylation sites (tertiary alicyclic amines) is 2. The molecule has 2 aliphatic rings. The lowest BCUT2D eigenvalue weighted by Crippen LogP contribution is -2.48. The number of aromatic amines is 1. The molecule has 2 aliphatic heterocycles. The summed E-state index contributed by atoms with van der Waals surface area (Å²) in [4.78, 5) is 32.3. The first-order valence-electron chi connectivity index (χ1n) is 10.9. The van der Waals surface area contributed by atoms with Crippen molar-refractivity contribution in [1.29, 1.82) is 0 Å². The molecule has 0 aliphatic carbocycles. The van der Waals surface area contributed by atoms with E-state index in [4.69, 9.17) is 4.74 Å². The van der Waals surface area contributed by atoms with Crippen LogP contribution in [0.4, 0.5) is 0 Å². The van der Waals surface area contributed by atoms with Gasteiger partial charge in [0.1, 0.15) is 0 Å². The van der Waals surface area contributed by atoms with Gasteiger partial charge in [0.2, 0.25) is 5.91 Å². The van der Waals surface area contributed by atoms with Gasteiger partial charge < -0.3 is 14.6 Å². The molecule has 1 unspecified atom stereocenters. The van der Waals surface area contributed by atoms with Gasteiger partial charge in [-0.25, -0.2) is 0 Å². The van der Waals surface area contributed by atoms with Gasteiger partial charge in [0.15, 0.2) is 0 Å². The second-order valence-electron chi connectivity index (χ2n) is 8.27.